The standard InChI is InChI=1S/C11H16Cl2N2O/c1-6(16)11(2,3)15-10-8(12)4-7(14)5-9(10)13/h4-6,15-16H,14H2,1-3H3. The first kappa shape index (κ1) is 13.4. The van der Waals surface area contributed by atoms with E-state index in [0.717, 1.165) is 0 Å². The first-order chi connectivity index (χ1) is 7.24. The van der Waals surface area contributed by atoms with E-state index < -0.39 is 11.6 Å². The maximum absolute atomic E-state index is 9.60. The first-order valence-electron chi connectivity index (χ1n) is 4.95. The van der Waals surface area contributed by atoms with E-state index in [1.54, 1.807) is 19.1 Å². The summed E-state index contributed by atoms with van der Waals surface area (Å²) in [6.45, 7) is 5.42. The summed E-state index contributed by atoms with van der Waals surface area (Å²) in [5, 5.41) is 13.6. The number of nitrogens with two attached hydrogens (primary N) is 1. The van der Waals surface area contributed by atoms with E-state index in [4.69, 9.17) is 28.9 Å². The molecule has 5 heteroatoms. The van der Waals surface area contributed by atoms with Gasteiger partial charge in [0, 0.05) is 5.69 Å². The lowest BCUT2D eigenvalue weighted by Crippen LogP contribution is -2.42. The highest BCUT2D eigenvalue weighted by Gasteiger charge is 2.25. The largest absolute Gasteiger partial charge is 0.399 e. The number of aliphatic hydroxyl groups is 1. The topological polar surface area (TPSA) is 58.3 Å². The van der Waals surface area contributed by atoms with E-state index >= 15 is 0 Å². The van der Waals surface area contributed by atoms with Gasteiger partial charge in [0.1, 0.15) is 0 Å². The van der Waals surface area contributed by atoms with E-state index in [0.29, 0.717) is 21.4 Å². The van der Waals surface area contributed by atoms with Gasteiger partial charge < -0.3 is 16.2 Å². The Morgan fingerprint density at radius 3 is 2.12 bits per heavy atom. The van der Waals surface area contributed by atoms with Crippen molar-refractivity contribution in [1.82, 2.24) is 0 Å². The Balaban J connectivity index is 3.07. The Morgan fingerprint density at radius 1 is 1.31 bits per heavy atom. The van der Waals surface area contributed by atoms with Crippen molar-refractivity contribution in [2.75, 3.05) is 11.1 Å². The highest BCUT2D eigenvalue weighted by molar-refractivity contribution is 6.39. The zero-order valence-electron chi connectivity index (χ0n) is 9.51. The van der Waals surface area contributed by atoms with Crippen molar-refractivity contribution in [3.05, 3.63) is 22.2 Å². The normalized spacial score (nSPS) is 13.6. The molecule has 0 aromatic heterocycles. The summed E-state index contributed by atoms with van der Waals surface area (Å²) in [7, 11) is 0. The van der Waals surface area contributed by atoms with Gasteiger partial charge in [0.05, 0.1) is 27.4 Å². The molecule has 0 saturated heterocycles. The molecule has 0 radical (unpaired) electrons. The summed E-state index contributed by atoms with van der Waals surface area (Å²) in [5.41, 5.74) is 6.18. The molecular formula is C11H16Cl2N2O. The van der Waals surface area contributed by atoms with E-state index in [9.17, 15) is 5.11 Å². The van der Waals surface area contributed by atoms with Gasteiger partial charge >= 0.3 is 0 Å². The van der Waals surface area contributed by atoms with Gasteiger partial charge in [-0.25, -0.2) is 0 Å². The van der Waals surface area contributed by atoms with Crippen molar-refractivity contribution in [3.8, 4) is 0 Å². The molecule has 0 aliphatic rings. The molecule has 0 spiro atoms. The molecule has 0 heterocycles. The van der Waals surface area contributed by atoms with Crippen LogP contribution in [0.4, 0.5) is 11.4 Å². The second kappa shape index (κ2) is 4.70. The van der Waals surface area contributed by atoms with Crippen LogP contribution in [0.2, 0.25) is 10.0 Å². The third kappa shape index (κ3) is 2.94. The summed E-state index contributed by atoms with van der Waals surface area (Å²) >= 11 is 12.1. The lowest BCUT2D eigenvalue weighted by molar-refractivity contribution is 0.133. The molecule has 0 aliphatic heterocycles. The van der Waals surface area contributed by atoms with E-state index in [1.165, 1.54) is 0 Å². The molecule has 3 nitrogen and oxygen atoms in total. The fourth-order valence-corrected chi connectivity index (χ4v) is 1.74. The Kier molecular flexibility index (Phi) is 3.94. The SMILES string of the molecule is CC(O)C(C)(C)Nc1c(Cl)cc(N)cc1Cl. The minimum absolute atomic E-state index is 0.443. The third-order valence-electron chi connectivity index (χ3n) is 2.56. The van der Waals surface area contributed by atoms with Gasteiger partial charge in [0.15, 0.2) is 0 Å². The Labute approximate surface area is 106 Å². The van der Waals surface area contributed by atoms with Gasteiger partial charge in [-0.3, -0.25) is 0 Å². The van der Waals surface area contributed by atoms with Gasteiger partial charge in [0.2, 0.25) is 0 Å². The third-order valence-corrected chi connectivity index (χ3v) is 3.15. The Morgan fingerprint density at radius 2 is 1.75 bits per heavy atom. The average molecular weight is 263 g/mol. The lowest BCUT2D eigenvalue weighted by Gasteiger charge is -2.31. The maximum atomic E-state index is 9.60. The molecule has 1 atom stereocenters. The fraction of sp³-hybridized carbons (Fsp3) is 0.455. The predicted octanol–water partition coefficient (Wildman–Crippen LogP) is 3.15. The molecule has 1 unspecified atom stereocenters. The molecule has 4 N–H and O–H groups in total. The van der Waals surface area contributed by atoms with Crippen molar-refractivity contribution in [3.63, 3.8) is 0 Å². The average Bonchev–Trinajstić information content (AvgIpc) is 2.11. The monoisotopic (exact) mass is 262 g/mol. The van der Waals surface area contributed by atoms with E-state index in [-0.39, 0.29) is 0 Å². The molecule has 1 aromatic carbocycles. The van der Waals surface area contributed by atoms with E-state index in [1.807, 2.05) is 13.8 Å². The zero-order valence-corrected chi connectivity index (χ0v) is 11.0. The van der Waals surface area contributed by atoms with Crippen molar-refractivity contribution in [2.24, 2.45) is 0 Å². The molecule has 90 valence electrons. The Bertz CT molecular complexity index is 369. The number of hydrogen-bond acceptors (Lipinski definition) is 3. The molecule has 16 heavy (non-hydrogen) atoms. The van der Waals surface area contributed by atoms with Crippen LogP contribution >= 0.6 is 23.2 Å². The van der Waals surface area contributed by atoms with Crippen LogP contribution < -0.4 is 11.1 Å². The quantitative estimate of drug-likeness (QED) is 0.734. The van der Waals surface area contributed by atoms with Crippen LogP contribution in [0.3, 0.4) is 0 Å². The van der Waals surface area contributed by atoms with Gasteiger partial charge in [-0.05, 0) is 32.9 Å². The molecule has 0 amide bonds. The summed E-state index contributed by atoms with van der Waals surface area (Å²) in [4.78, 5) is 0. The Hall–Kier alpha value is -0.640. The van der Waals surface area contributed by atoms with Crippen molar-refractivity contribution < 1.29 is 5.11 Å². The molecule has 0 bridgehead atoms. The van der Waals surface area contributed by atoms with Crippen molar-refractivity contribution >= 4 is 34.6 Å². The number of rotatable bonds is 3. The highest BCUT2D eigenvalue weighted by Crippen LogP contribution is 2.35. The van der Waals surface area contributed by atoms with Crippen LogP contribution in [-0.4, -0.2) is 16.7 Å². The molecule has 0 fully saturated rings. The number of nitrogens with one attached hydrogen (secondary N) is 1. The summed E-state index contributed by atoms with van der Waals surface area (Å²) < 4.78 is 0. The van der Waals surface area contributed by atoms with E-state index in [2.05, 4.69) is 5.32 Å². The molecule has 0 aliphatic carbocycles. The maximum Gasteiger partial charge on any atom is 0.0736 e. The molecular weight excluding hydrogens is 247 g/mol. The highest BCUT2D eigenvalue weighted by atomic mass is 35.5. The number of hydrogen-bond donors (Lipinski definition) is 3. The predicted molar refractivity (Wildman–Crippen MR) is 70.3 cm³/mol. The molecule has 1 aromatic rings. The minimum Gasteiger partial charge on any atom is -0.399 e. The van der Waals surface area contributed by atoms with Crippen LogP contribution in [0.15, 0.2) is 12.1 Å². The van der Waals surface area contributed by atoms with Crippen LogP contribution in [-0.2, 0) is 0 Å². The van der Waals surface area contributed by atoms with Gasteiger partial charge in [0.25, 0.3) is 0 Å². The molecule has 0 saturated carbocycles. The second-order valence-electron chi connectivity index (χ2n) is 4.38. The van der Waals surface area contributed by atoms with Crippen molar-refractivity contribution in [1.29, 1.82) is 0 Å². The molecule has 1 rings (SSSR count). The van der Waals surface area contributed by atoms with Gasteiger partial charge in [-0.2, -0.15) is 0 Å². The van der Waals surface area contributed by atoms with Crippen LogP contribution in [0.25, 0.3) is 0 Å². The second-order valence-corrected chi connectivity index (χ2v) is 5.20. The lowest BCUT2D eigenvalue weighted by atomic mass is 9.98. The number of anilines is 2. The fourth-order valence-electron chi connectivity index (χ4n) is 1.14. The summed E-state index contributed by atoms with van der Waals surface area (Å²) in [6.07, 6.45) is -0.544. The minimum atomic E-state index is -0.544. The smallest absolute Gasteiger partial charge is 0.0736 e. The van der Waals surface area contributed by atoms with Gasteiger partial charge in [-0.15, -0.1) is 0 Å². The number of aliphatic hydroxyl groups excluding tert-OH is 1. The number of benzene rings is 1. The summed E-state index contributed by atoms with van der Waals surface area (Å²) in [6, 6.07) is 3.24. The number of halogens is 2. The van der Waals surface area contributed by atoms with Gasteiger partial charge in [-0.1, -0.05) is 23.2 Å². The number of nitrogen functional groups attached to an aromatic ring is 1. The van der Waals surface area contributed by atoms with Crippen LogP contribution in [0.1, 0.15) is 20.8 Å². The summed E-state index contributed by atoms with van der Waals surface area (Å²) in [5.74, 6) is 0. The zero-order chi connectivity index (χ0) is 12.5. The van der Waals surface area contributed by atoms with Crippen LogP contribution in [0, 0.1) is 0 Å². The van der Waals surface area contributed by atoms with Crippen molar-refractivity contribution in [2.45, 2.75) is 32.4 Å². The van der Waals surface area contributed by atoms with Crippen LogP contribution in [0.5, 0.6) is 0 Å². The first-order valence-corrected chi connectivity index (χ1v) is 5.70.